The van der Waals surface area contributed by atoms with E-state index in [9.17, 15) is 26.4 Å². The fourth-order valence-electron chi connectivity index (χ4n) is 3.02. The van der Waals surface area contributed by atoms with Crippen molar-refractivity contribution in [2.45, 2.75) is 38.4 Å². The van der Waals surface area contributed by atoms with Crippen molar-refractivity contribution in [3.8, 4) is 6.07 Å². The van der Waals surface area contributed by atoms with Crippen molar-refractivity contribution < 1.29 is 30.6 Å². The second-order valence-electron chi connectivity index (χ2n) is 7.21. The lowest BCUT2D eigenvalue weighted by Gasteiger charge is -2.29. The van der Waals surface area contributed by atoms with E-state index < -0.39 is 38.9 Å². The molecule has 0 N–H and O–H groups in total. The zero-order chi connectivity index (χ0) is 22.9. The molecule has 0 bridgehead atoms. The molecule has 30 heavy (non-hydrogen) atoms. The topological polar surface area (TPSA) is 90.7 Å². The van der Waals surface area contributed by atoms with Gasteiger partial charge in [-0.05, 0) is 57.1 Å². The number of carbonyl (C=O) groups excluding carboxylic acids is 1. The molecule has 0 aliphatic carbocycles. The van der Waals surface area contributed by atoms with Crippen molar-refractivity contribution in [2.75, 3.05) is 24.3 Å². The third-order valence-corrected chi connectivity index (χ3v) is 5.58. The Hall–Kier alpha value is -2.23. The Morgan fingerprint density at radius 1 is 1.27 bits per heavy atom. The number of carbonyl (C=O) groups is 1. The van der Waals surface area contributed by atoms with Gasteiger partial charge in [-0.2, -0.15) is 26.9 Å². The first-order valence-corrected chi connectivity index (χ1v) is 11.0. The van der Waals surface area contributed by atoms with Crippen molar-refractivity contribution in [3.05, 3.63) is 29.3 Å². The molecular weight excluding hydrogens is 443 g/mol. The monoisotopic (exact) mass is 463 g/mol. The number of unbranched alkanes of at least 4 members (excludes halogenated alkanes) is 1. The smallest absolute Gasteiger partial charge is 0.334 e. The zero-order valence-electron chi connectivity index (χ0n) is 16.5. The molecule has 0 spiro atoms. The largest absolute Gasteiger partial charge is 0.417 e. The summed E-state index contributed by atoms with van der Waals surface area (Å²) in [5.41, 5.74) is -2.88. The predicted octanol–water partition coefficient (Wildman–Crippen LogP) is 3.05. The molecule has 0 unspecified atom stereocenters. The van der Waals surface area contributed by atoms with Gasteiger partial charge < -0.3 is 4.90 Å². The van der Waals surface area contributed by atoms with Crippen LogP contribution < -0.4 is 4.90 Å². The van der Waals surface area contributed by atoms with Gasteiger partial charge in [-0.3, -0.25) is 13.9 Å². The Labute approximate surface area is 178 Å². The van der Waals surface area contributed by atoms with Crippen LogP contribution in [0.1, 0.15) is 37.8 Å². The maximum atomic E-state index is 13.3. The second kappa shape index (κ2) is 8.49. The number of hydrogen-bond acceptors (Lipinski definition) is 6. The van der Waals surface area contributed by atoms with Gasteiger partial charge in [0.15, 0.2) is 5.11 Å². The van der Waals surface area contributed by atoms with Crippen molar-refractivity contribution in [2.24, 2.45) is 0 Å². The van der Waals surface area contributed by atoms with Gasteiger partial charge in [0.05, 0.1) is 35.7 Å². The summed E-state index contributed by atoms with van der Waals surface area (Å²) < 4.78 is 66.5. The van der Waals surface area contributed by atoms with Gasteiger partial charge in [0.2, 0.25) is 0 Å². The minimum absolute atomic E-state index is 0.0257. The van der Waals surface area contributed by atoms with Crippen LogP contribution in [0.3, 0.4) is 0 Å². The van der Waals surface area contributed by atoms with Crippen LogP contribution in [0.4, 0.5) is 18.9 Å². The maximum Gasteiger partial charge on any atom is 0.417 e. The molecule has 1 fully saturated rings. The minimum atomic E-state index is -4.76. The molecule has 0 aromatic heterocycles. The van der Waals surface area contributed by atoms with Crippen LogP contribution in [-0.2, 0) is 25.3 Å². The summed E-state index contributed by atoms with van der Waals surface area (Å²) >= 11 is 5.36. The third kappa shape index (κ3) is 5.08. The first-order valence-electron chi connectivity index (χ1n) is 8.82. The van der Waals surface area contributed by atoms with E-state index in [0.717, 1.165) is 23.3 Å². The summed E-state index contributed by atoms with van der Waals surface area (Å²) in [6.07, 6.45) is -3.00. The average molecular weight is 464 g/mol. The highest BCUT2D eigenvalue weighted by Gasteiger charge is 2.49. The number of anilines is 1. The fourth-order valence-corrected chi connectivity index (χ4v) is 3.95. The SMILES string of the molecule is CC1(C)C(=O)N(c2ccc(C#N)c(C(F)(F)F)c2)C(=S)N1CCCCOS(C)(=O)=O. The fraction of sp³-hybridized carbons (Fsp3) is 0.500. The third-order valence-electron chi connectivity index (χ3n) is 4.58. The molecule has 1 saturated heterocycles. The summed E-state index contributed by atoms with van der Waals surface area (Å²) in [7, 11) is -3.55. The van der Waals surface area contributed by atoms with Gasteiger partial charge in [0.1, 0.15) is 5.54 Å². The Morgan fingerprint density at radius 2 is 1.90 bits per heavy atom. The van der Waals surface area contributed by atoms with Crippen molar-refractivity contribution in [1.82, 2.24) is 4.90 Å². The first kappa shape index (κ1) is 24.0. The number of rotatable bonds is 7. The molecule has 0 saturated carbocycles. The number of alkyl halides is 3. The summed E-state index contributed by atoms with van der Waals surface area (Å²) in [4.78, 5) is 15.5. The lowest BCUT2D eigenvalue weighted by Crippen LogP contribution is -2.44. The minimum Gasteiger partial charge on any atom is -0.334 e. The second-order valence-corrected chi connectivity index (χ2v) is 9.22. The predicted molar refractivity (Wildman–Crippen MR) is 107 cm³/mol. The summed E-state index contributed by atoms with van der Waals surface area (Å²) in [5, 5.41) is 8.98. The molecule has 164 valence electrons. The van der Waals surface area contributed by atoms with E-state index >= 15 is 0 Å². The molecule has 1 aromatic carbocycles. The van der Waals surface area contributed by atoms with Crippen LogP contribution in [-0.4, -0.2) is 49.3 Å². The van der Waals surface area contributed by atoms with E-state index in [0.29, 0.717) is 12.8 Å². The number of thiocarbonyl (C=S) groups is 1. The van der Waals surface area contributed by atoms with Crippen molar-refractivity contribution >= 4 is 39.0 Å². The van der Waals surface area contributed by atoms with Crippen molar-refractivity contribution in [1.29, 1.82) is 5.26 Å². The lowest BCUT2D eigenvalue weighted by atomic mass is 10.0. The van der Waals surface area contributed by atoms with Crippen LogP contribution in [0, 0.1) is 11.3 Å². The highest BCUT2D eigenvalue weighted by atomic mass is 32.2. The van der Waals surface area contributed by atoms with Gasteiger partial charge in [-0.1, -0.05) is 0 Å². The molecular formula is C18H20F3N3O4S2. The van der Waals surface area contributed by atoms with E-state index in [-0.39, 0.29) is 24.0 Å². The maximum absolute atomic E-state index is 13.3. The van der Waals surface area contributed by atoms with Gasteiger partial charge in [0.25, 0.3) is 16.0 Å². The van der Waals surface area contributed by atoms with Gasteiger partial charge in [0, 0.05) is 6.54 Å². The molecule has 1 aliphatic heterocycles. The normalized spacial score (nSPS) is 16.8. The van der Waals surface area contributed by atoms with Crippen LogP contribution in [0.25, 0.3) is 0 Å². The summed E-state index contributed by atoms with van der Waals surface area (Å²) in [5.74, 6) is -0.502. The average Bonchev–Trinajstić information content (AvgIpc) is 2.78. The van der Waals surface area contributed by atoms with Crippen LogP contribution in [0.5, 0.6) is 0 Å². The molecule has 12 heteroatoms. The molecule has 0 radical (unpaired) electrons. The number of benzene rings is 1. The van der Waals surface area contributed by atoms with Crippen LogP contribution in [0.2, 0.25) is 0 Å². The van der Waals surface area contributed by atoms with Crippen LogP contribution in [0.15, 0.2) is 18.2 Å². The van der Waals surface area contributed by atoms with Gasteiger partial charge in [-0.25, -0.2) is 0 Å². The van der Waals surface area contributed by atoms with Crippen molar-refractivity contribution in [3.63, 3.8) is 0 Å². The number of nitrogens with zero attached hydrogens (tertiary/aromatic N) is 3. The highest BCUT2D eigenvalue weighted by molar-refractivity contribution is 7.86. The Bertz CT molecular complexity index is 1000. The molecule has 0 atom stereocenters. The first-order chi connectivity index (χ1) is 13.7. The van der Waals surface area contributed by atoms with E-state index in [1.807, 2.05) is 0 Å². The quantitative estimate of drug-likeness (QED) is 0.349. The van der Waals surface area contributed by atoms with E-state index in [1.165, 1.54) is 12.1 Å². The Kier molecular flexibility index (Phi) is 6.80. The molecule has 1 heterocycles. The van der Waals surface area contributed by atoms with Gasteiger partial charge >= 0.3 is 6.18 Å². The molecule has 1 aliphatic rings. The molecule has 1 amide bonds. The van der Waals surface area contributed by atoms with E-state index in [1.54, 1.807) is 18.7 Å². The molecule has 7 nitrogen and oxygen atoms in total. The Morgan fingerprint density at radius 3 is 2.43 bits per heavy atom. The zero-order valence-corrected chi connectivity index (χ0v) is 18.1. The standard InChI is InChI=1S/C18H20F3N3O4S2/c1-17(2)15(25)24(13-7-6-12(11-22)14(10-13)18(19,20)21)16(29)23(17)8-4-5-9-28-30(3,26)27/h6-7,10H,4-5,8-9H2,1-3H3. The number of halogens is 3. The molecule has 2 rings (SSSR count). The number of nitriles is 1. The lowest BCUT2D eigenvalue weighted by molar-refractivity contribution is -0.137. The summed E-state index contributed by atoms with van der Waals surface area (Å²) in [6.45, 7) is 3.46. The van der Waals surface area contributed by atoms with E-state index in [4.69, 9.17) is 17.5 Å². The van der Waals surface area contributed by atoms with Gasteiger partial charge in [-0.15, -0.1) is 0 Å². The molecule has 1 aromatic rings. The number of hydrogen-bond donors (Lipinski definition) is 0. The highest BCUT2D eigenvalue weighted by Crippen LogP contribution is 2.37. The number of amides is 1. The Balaban J connectivity index is 2.24. The van der Waals surface area contributed by atoms with Crippen LogP contribution >= 0.6 is 12.2 Å². The summed E-state index contributed by atoms with van der Waals surface area (Å²) in [6, 6.07) is 4.49. The van der Waals surface area contributed by atoms with E-state index in [2.05, 4.69) is 4.18 Å².